The Bertz CT molecular complexity index is 827. The van der Waals surface area contributed by atoms with Crippen molar-refractivity contribution in [2.75, 3.05) is 0 Å². The molecule has 2 heterocycles. The summed E-state index contributed by atoms with van der Waals surface area (Å²) in [5.41, 5.74) is -0.800. The average Bonchev–Trinajstić information content (AvgIpc) is 3.05. The lowest BCUT2D eigenvalue weighted by atomic mass is 9.83. The highest BCUT2D eigenvalue weighted by molar-refractivity contribution is 5.58. The molecule has 0 unspecified atom stereocenters. The van der Waals surface area contributed by atoms with E-state index < -0.39 is 11.6 Å². The number of hydrogen-bond donors (Lipinski definition) is 0. The molecule has 0 amide bonds. The van der Waals surface area contributed by atoms with Crippen LogP contribution in [0.4, 0.5) is 13.2 Å². The fourth-order valence-corrected chi connectivity index (χ4v) is 2.06. The zero-order chi connectivity index (χ0) is 17.4. The summed E-state index contributed by atoms with van der Waals surface area (Å²) in [5, 5.41) is 11.4. The van der Waals surface area contributed by atoms with E-state index in [1.807, 2.05) is 0 Å². The molecule has 0 aliphatic heterocycles. The van der Waals surface area contributed by atoms with Crippen LogP contribution in [0, 0.1) is 0 Å². The second-order valence-corrected chi connectivity index (χ2v) is 5.73. The van der Waals surface area contributed by atoms with Gasteiger partial charge in [0.25, 0.3) is 5.89 Å². The first kappa shape index (κ1) is 16.1. The summed E-state index contributed by atoms with van der Waals surface area (Å²) < 4.78 is 44.4. The maximum Gasteiger partial charge on any atom is 0.397 e. The van der Waals surface area contributed by atoms with Crippen molar-refractivity contribution in [1.82, 2.24) is 20.3 Å². The maximum absolute atomic E-state index is 13.1. The van der Waals surface area contributed by atoms with Gasteiger partial charge in [-0.25, -0.2) is 0 Å². The lowest BCUT2D eigenvalue weighted by Gasteiger charge is -2.28. The van der Waals surface area contributed by atoms with Crippen molar-refractivity contribution in [1.29, 1.82) is 0 Å². The third-order valence-corrected chi connectivity index (χ3v) is 3.79. The number of hydrogen-bond acceptors (Lipinski definition) is 5. The van der Waals surface area contributed by atoms with Gasteiger partial charge in [-0.3, -0.25) is 0 Å². The van der Waals surface area contributed by atoms with Gasteiger partial charge >= 0.3 is 6.18 Å². The molecule has 0 fully saturated rings. The van der Waals surface area contributed by atoms with Crippen LogP contribution in [0.1, 0.15) is 19.4 Å². The van der Waals surface area contributed by atoms with Gasteiger partial charge in [0.05, 0.1) is 5.41 Å². The molecule has 0 N–H and O–H groups in total. The molecular formula is C16H13F3N4O. The third kappa shape index (κ3) is 2.86. The van der Waals surface area contributed by atoms with Crippen LogP contribution in [0.25, 0.3) is 23.0 Å². The Labute approximate surface area is 135 Å². The van der Waals surface area contributed by atoms with Gasteiger partial charge in [-0.15, -0.1) is 5.10 Å². The van der Waals surface area contributed by atoms with Crippen LogP contribution in [0.3, 0.4) is 0 Å². The van der Waals surface area contributed by atoms with E-state index in [1.54, 1.807) is 12.1 Å². The highest BCUT2D eigenvalue weighted by Gasteiger charge is 2.48. The molecule has 0 aliphatic rings. The first-order valence-electron chi connectivity index (χ1n) is 7.08. The van der Waals surface area contributed by atoms with Gasteiger partial charge in [-0.05, 0) is 31.5 Å². The van der Waals surface area contributed by atoms with E-state index >= 15 is 0 Å². The molecule has 0 atom stereocenters. The molecule has 0 saturated carbocycles. The molecule has 5 nitrogen and oxygen atoms in total. The zero-order valence-electron chi connectivity index (χ0n) is 12.9. The van der Waals surface area contributed by atoms with Crippen molar-refractivity contribution < 1.29 is 17.7 Å². The maximum atomic E-state index is 13.1. The summed E-state index contributed by atoms with van der Waals surface area (Å²) in [4.78, 5) is 4.19. The largest absolute Gasteiger partial charge is 0.397 e. The first-order valence-corrected chi connectivity index (χ1v) is 7.08. The van der Waals surface area contributed by atoms with Gasteiger partial charge < -0.3 is 4.52 Å². The van der Waals surface area contributed by atoms with E-state index in [-0.39, 0.29) is 17.3 Å². The number of halogens is 3. The van der Waals surface area contributed by atoms with E-state index in [0.717, 1.165) is 13.8 Å². The van der Waals surface area contributed by atoms with Crippen molar-refractivity contribution in [2.24, 2.45) is 0 Å². The van der Waals surface area contributed by atoms with Crippen LogP contribution in [-0.2, 0) is 5.41 Å². The fourth-order valence-electron chi connectivity index (χ4n) is 2.06. The molecule has 8 heteroatoms. The number of benzene rings is 1. The van der Waals surface area contributed by atoms with Crippen LogP contribution in [0.2, 0.25) is 0 Å². The molecule has 3 aromatic rings. The molecule has 0 aliphatic carbocycles. The van der Waals surface area contributed by atoms with Crippen molar-refractivity contribution in [2.45, 2.75) is 25.4 Å². The average molecular weight is 334 g/mol. The van der Waals surface area contributed by atoms with Crippen molar-refractivity contribution >= 4 is 0 Å². The van der Waals surface area contributed by atoms with Crippen LogP contribution >= 0.6 is 0 Å². The van der Waals surface area contributed by atoms with Gasteiger partial charge in [-0.1, -0.05) is 29.4 Å². The smallest absolute Gasteiger partial charge is 0.332 e. The molecule has 2 aromatic heterocycles. The summed E-state index contributed by atoms with van der Waals surface area (Å²) in [6.07, 6.45) is -2.82. The first-order chi connectivity index (χ1) is 11.3. The summed E-state index contributed by atoms with van der Waals surface area (Å²) in [6, 6.07) is 9.25. The zero-order valence-corrected chi connectivity index (χ0v) is 12.9. The standard InChI is InChI=1S/C16H13F3N4O/c1-15(2,16(17,18)19)11-7-5-10(6-8-11)13-21-14(24-23-13)12-4-3-9-20-22-12/h3-9H,1-2H3. The number of rotatable bonds is 3. The summed E-state index contributed by atoms with van der Waals surface area (Å²) in [6.45, 7) is 2.28. The van der Waals surface area contributed by atoms with E-state index in [0.29, 0.717) is 11.3 Å². The monoisotopic (exact) mass is 334 g/mol. The van der Waals surface area contributed by atoms with E-state index in [4.69, 9.17) is 4.52 Å². The molecule has 0 radical (unpaired) electrons. The van der Waals surface area contributed by atoms with Crippen molar-refractivity contribution in [3.8, 4) is 23.0 Å². The molecule has 124 valence electrons. The lowest BCUT2D eigenvalue weighted by Crippen LogP contribution is -2.36. The third-order valence-electron chi connectivity index (χ3n) is 3.79. The molecular weight excluding hydrogens is 321 g/mol. The fraction of sp³-hybridized carbons (Fsp3) is 0.250. The van der Waals surface area contributed by atoms with Crippen LogP contribution in [-0.4, -0.2) is 26.5 Å². The Hall–Kier alpha value is -2.77. The van der Waals surface area contributed by atoms with E-state index in [1.165, 1.54) is 30.5 Å². The number of alkyl halides is 3. The Morgan fingerprint density at radius 1 is 1.00 bits per heavy atom. The molecule has 0 bridgehead atoms. The van der Waals surface area contributed by atoms with E-state index in [2.05, 4.69) is 20.3 Å². The minimum absolute atomic E-state index is 0.163. The van der Waals surface area contributed by atoms with Gasteiger partial charge in [0.15, 0.2) is 5.69 Å². The summed E-state index contributed by atoms with van der Waals surface area (Å²) in [5.74, 6) is 0.463. The Balaban J connectivity index is 1.89. The predicted molar refractivity (Wildman–Crippen MR) is 79.8 cm³/mol. The molecule has 0 spiro atoms. The lowest BCUT2D eigenvalue weighted by molar-refractivity contribution is -0.180. The van der Waals surface area contributed by atoms with Crippen molar-refractivity contribution in [3.05, 3.63) is 48.2 Å². The number of nitrogens with zero attached hydrogens (tertiary/aromatic N) is 4. The van der Waals surface area contributed by atoms with Gasteiger partial charge in [0, 0.05) is 11.8 Å². The molecule has 24 heavy (non-hydrogen) atoms. The number of aromatic nitrogens is 4. The van der Waals surface area contributed by atoms with Crippen LogP contribution in [0.15, 0.2) is 47.1 Å². The topological polar surface area (TPSA) is 64.7 Å². The normalized spacial score (nSPS) is 12.4. The highest BCUT2D eigenvalue weighted by atomic mass is 19.4. The van der Waals surface area contributed by atoms with Crippen molar-refractivity contribution in [3.63, 3.8) is 0 Å². The Kier molecular flexibility index (Phi) is 3.82. The van der Waals surface area contributed by atoms with Crippen LogP contribution < -0.4 is 0 Å². The predicted octanol–water partition coefficient (Wildman–Crippen LogP) is 4.03. The summed E-state index contributed by atoms with van der Waals surface area (Å²) in [7, 11) is 0. The molecule has 3 rings (SSSR count). The van der Waals surface area contributed by atoms with E-state index in [9.17, 15) is 13.2 Å². The Morgan fingerprint density at radius 3 is 2.29 bits per heavy atom. The van der Waals surface area contributed by atoms with Gasteiger partial charge in [0.1, 0.15) is 0 Å². The second kappa shape index (κ2) is 5.70. The minimum atomic E-state index is -4.33. The second-order valence-electron chi connectivity index (χ2n) is 5.73. The highest BCUT2D eigenvalue weighted by Crippen LogP contribution is 2.40. The molecule has 0 saturated heterocycles. The van der Waals surface area contributed by atoms with Gasteiger partial charge in [0.2, 0.25) is 5.82 Å². The Morgan fingerprint density at radius 2 is 1.71 bits per heavy atom. The summed E-state index contributed by atoms with van der Waals surface area (Å²) >= 11 is 0. The minimum Gasteiger partial charge on any atom is -0.332 e. The SMILES string of the molecule is CC(C)(c1ccc(-c2noc(-c3cccnn3)n2)cc1)C(F)(F)F. The molecule has 1 aromatic carbocycles. The quantitative estimate of drug-likeness (QED) is 0.723. The van der Waals surface area contributed by atoms with Gasteiger partial charge in [-0.2, -0.15) is 23.3 Å². The van der Waals surface area contributed by atoms with Crippen LogP contribution in [0.5, 0.6) is 0 Å².